The first-order valence-electron chi connectivity index (χ1n) is 29.2. The average molecular weight is 1050 g/mol. The molecule has 394 valence electrons. The number of hydrogen-bond acceptors (Lipinski definition) is 0. The number of rotatable bonds is 14. The van der Waals surface area contributed by atoms with Crippen molar-refractivity contribution in [3.05, 3.63) is 394 Å². The molecule has 0 nitrogen and oxygen atoms in total. The highest BCUT2D eigenvalue weighted by Gasteiger charge is 2.54. The molecule has 1 spiro atoms. The molecule has 0 aliphatic heterocycles. The van der Waals surface area contributed by atoms with Crippen molar-refractivity contribution in [1.29, 1.82) is 0 Å². The minimum atomic E-state index is -0.563. The van der Waals surface area contributed by atoms with Crippen molar-refractivity contribution in [2.45, 2.75) is 37.5 Å². The van der Waals surface area contributed by atoms with Gasteiger partial charge in [-0.05, 0) is 191 Å². The lowest BCUT2D eigenvalue weighted by molar-refractivity contribution is 0.604. The molecule has 0 radical (unpaired) electrons. The third kappa shape index (κ3) is 9.97. The van der Waals surface area contributed by atoms with E-state index in [9.17, 15) is 0 Å². The summed E-state index contributed by atoms with van der Waals surface area (Å²) >= 11 is 0. The van der Waals surface area contributed by atoms with Gasteiger partial charge in [0.15, 0.2) is 0 Å². The summed E-state index contributed by atoms with van der Waals surface area (Å²) in [6.45, 7) is 8.43. The summed E-state index contributed by atoms with van der Waals surface area (Å²) in [7, 11) is 0. The largest absolute Gasteiger partial charge is 0.0990 e. The van der Waals surface area contributed by atoms with Gasteiger partial charge in [-0.2, -0.15) is 0 Å². The van der Waals surface area contributed by atoms with E-state index < -0.39 is 5.41 Å². The molecule has 82 heavy (non-hydrogen) atoms. The van der Waals surface area contributed by atoms with E-state index in [0.29, 0.717) is 0 Å². The summed E-state index contributed by atoms with van der Waals surface area (Å²) in [6, 6.07) is 80.2. The molecule has 0 bridgehead atoms. The van der Waals surface area contributed by atoms with Crippen LogP contribution in [-0.4, -0.2) is 0 Å². The third-order valence-electron chi connectivity index (χ3n) is 17.2. The number of fused-ring (bicyclic) bond motifs is 8. The van der Waals surface area contributed by atoms with Gasteiger partial charge in [-0.1, -0.05) is 292 Å². The number of benzene rings is 8. The molecule has 5 aliphatic carbocycles. The SMILES string of the molecule is C=C/C=C(C=C)/C(=C\c1ccc2c(c1)C1(C3=C(C=CC(C=C(c4ccccc4)c4ccccc4)CC3)c3ccc(C=C(c4ccccc4)c4ccccc4)cc31)C1=C2C=CC(/C=C(\C2=CCCC=C2)c2ccccc2)C1)c1ccccc1. The van der Waals surface area contributed by atoms with Gasteiger partial charge in [0.05, 0.1) is 5.41 Å². The molecule has 0 N–H and O–H groups in total. The second-order valence-electron chi connectivity index (χ2n) is 22.1. The maximum atomic E-state index is 4.31. The van der Waals surface area contributed by atoms with Crippen molar-refractivity contribution in [3.63, 3.8) is 0 Å². The van der Waals surface area contributed by atoms with Crippen LogP contribution in [0.3, 0.4) is 0 Å². The molecule has 0 fully saturated rings. The van der Waals surface area contributed by atoms with Gasteiger partial charge in [0.25, 0.3) is 0 Å². The Morgan fingerprint density at radius 2 is 0.927 bits per heavy atom. The van der Waals surface area contributed by atoms with Gasteiger partial charge in [0.1, 0.15) is 0 Å². The average Bonchev–Trinajstić information content (AvgIpc) is 3.69. The van der Waals surface area contributed by atoms with Crippen LogP contribution in [0.5, 0.6) is 0 Å². The minimum absolute atomic E-state index is 0.148. The normalized spacial score (nSPS) is 18.9. The van der Waals surface area contributed by atoms with Crippen LogP contribution in [-0.2, 0) is 5.41 Å². The highest BCUT2D eigenvalue weighted by Crippen LogP contribution is 2.65. The van der Waals surface area contributed by atoms with Crippen molar-refractivity contribution in [2.75, 3.05) is 0 Å². The summed E-state index contributed by atoms with van der Waals surface area (Å²) < 4.78 is 0. The summed E-state index contributed by atoms with van der Waals surface area (Å²) in [6.07, 6.45) is 37.8. The molecule has 3 unspecified atom stereocenters. The van der Waals surface area contributed by atoms with Crippen LogP contribution in [0.2, 0.25) is 0 Å². The Hall–Kier alpha value is -9.62. The van der Waals surface area contributed by atoms with E-state index in [1.165, 1.54) is 100 Å². The molecule has 8 aromatic rings. The van der Waals surface area contributed by atoms with Crippen LogP contribution in [0.1, 0.15) is 98.9 Å². The number of allylic oxidation sites excluding steroid dienone is 20. The second-order valence-corrected chi connectivity index (χ2v) is 22.1. The monoisotopic (exact) mass is 1050 g/mol. The Labute approximate surface area is 485 Å². The molecule has 0 heteroatoms. The fourth-order valence-corrected chi connectivity index (χ4v) is 13.5. The van der Waals surface area contributed by atoms with Gasteiger partial charge < -0.3 is 0 Å². The predicted molar refractivity (Wildman–Crippen MR) is 350 cm³/mol. The van der Waals surface area contributed by atoms with E-state index in [1.807, 2.05) is 12.2 Å². The van der Waals surface area contributed by atoms with Crippen LogP contribution in [0.4, 0.5) is 0 Å². The van der Waals surface area contributed by atoms with Crippen molar-refractivity contribution >= 4 is 45.6 Å². The molecule has 13 rings (SSSR count). The molecule has 0 amide bonds. The Morgan fingerprint density at radius 1 is 0.451 bits per heavy atom. The van der Waals surface area contributed by atoms with Crippen LogP contribution in [0.25, 0.3) is 45.6 Å². The molecular weight excluding hydrogens is 985 g/mol. The third-order valence-corrected chi connectivity index (χ3v) is 17.2. The van der Waals surface area contributed by atoms with Crippen LogP contribution < -0.4 is 0 Å². The first-order valence-corrected chi connectivity index (χ1v) is 29.2. The Kier molecular flexibility index (Phi) is 14.7. The topological polar surface area (TPSA) is 0 Å². The van der Waals surface area contributed by atoms with Gasteiger partial charge >= 0.3 is 0 Å². The van der Waals surface area contributed by atoms with Gasteiger partial charge in [0.2, 0.25) is 0 Å². The maximum absolute atomic E-state index is 4.31. The summed E-state index contributed by atoms with van der Waals surface area (Å²) in [4.78, 5) is 0. The zero-order valence-corrected chi connectivity index (χ0v) is 46.5. The lowest BCUT2D eigenvalue weighted by atomic mass is 9.64. The standard InChI is InChI=1S/C82H66/c1-3-26-62(4-2)74(63-27-12-5-13-28-63)52-59-43-48-72-73-49-44-61(54-77(68-37-22-10-23-38-68)69-39-24-11-25-40-69)57-81(73)82(80(72)55-59)78-50-45-58(51-75(64-29-14-6-15-30-64)65-31-16-7-17-32-65)41-46-70(78)71-47-42-60(56-79(71)82)53-76(66-33-18-8-19-34-66)67-35-20-9-21-36-67/h3-10,12-24,26-44,46-49,51-56,58,61H,1-2,11,25,45,50,57H2/b62-26+,74-52+,77-54-. The van der Waals surface area contributed by atoms with E-state index in [0.717, 1.165) is 54.4 Å². The van der Waals surface area contributed by atoms with Crippen LogP contribution in [0.15, 0.2) is 327 Å². The minimum Gasteiger partial charge on any atom is -0.0990 e. The van der Waals surface area contributed by atoms with Gasteiger partial charge in [-0.3, -0.25) is 0 Å². The van der Waals surface area contributed by atoms with Crippen LogP contribution >= 0.6 is 0 Å². The van der Waals surface area contributed by atoms with Crippen LogP contribution in [0, 0.1) is 11.8 Å². The lowest BCUT2D eigenvalue weighted by Gasteiger charge is -2.37. The molecule has 3 atom stereocenters. The molecule has 0 saturated heterocycles. The summed E-state index contributed by atoms with van der Waals surface area (Å²) in [5.74, 6) is 0.344. The quantitative estimate of drug-likeness (QED) is 0.0752. The lowest BCUT2D eigenvalue weighted by Crippen LogP contribution is -2.30. The molecule has 0 heterocycles. The van der Waals surface area contributed by atoms with E-state index in [1.54, 1.807) is 0 Å². The highest BCUT2D eigenvalue weighted by atomic mass is 14.6. The second kappa shape index (κ2) is 23.2. The molecule has 0 aromatic heterocycles. The van der Waals surface area contributed by atoms with E-state index >= 15 is 0 Å². The van der Waals surface area contributed by atoms with E-state index in [2.05, 4.69) is 304 Å². The Morgan fingerprint density at radius 3 is 1.44 bits per heavy atom. The fraction of sp³-hybridized carbons (Fsp3) is 0.0976. The Bertz CT molecular complexity index is 4000. The smallest absolute Gasteiger partial charge is 0.0652 e. The maximum Gasteiger partial charge on any atom is 0.0652 e. The fourth-order valence-electron chi connectivity index (χ4n) is 13.5. The molecular formula is C82H66. The summed E-state index contributed by atoms with van der Waals surface area (Å²) in [5, 5.41) is 0. The first-order chi connectivity index (χ1) is 40.6. The van der Waals surface area contributed by atoms with E-state index in [4.69, 9.17) is 0 Å². The van der Waals surface area contributed by atoms with Gasteiger partial charge in [0, 0.05) is 0 Å². The van der Waals surface area contributed by atoms with Gasteiger partial charge in [-0.25, -0.2) is 0 Å². The van der Waals surface area contributed by atoms with Crippen molar-refractivity contribution < 1.29 is 0 Å². The highest BCUT2D eigenvalue weighted by molar-refractivity contribution is 6.01. The predicted octanol–water partition coefficient (Wildman–Crippen LogP) is 21.0. The number of hydrogen-bond donors (Lipinski definition) is 0. The zero-order chi connectivity index (χ0) is 55.2. The summed E-state index contributed by atoms with van der Waals surface area (Å²) in [5.41, 5.74) is 27.3. The molecule has 5 aliphatic rings. The zero-order valence-electron chi connectivity index (χ0n) is 46.5. The Balaban J connectivity index is 1.05. The first kappa shape index (κ1) is 51.8. The van der Waals surface area contributed by atoms with Gasteiger partial charge in [-0.15, -0.1) is 0 Å². The van der Waals surface area contributed by atoms with Crippen molar-refractivity contribution in [2.24, 2.45) is 11.8 Å². The molecule has 8 aromatic carbocycles. The van der Waals surface area contributed by atoms with Crippen molar-refractivity contribution in [3.8, 4) is 0 Å². The van der Waals surface area contributed by atoms with Crippen molar-refractivity contribution in [1.82, 2.24) is 0 Å². The van der Waals surface area contributed by atoms with E-state index in [-0.39, 0.29) is 11.8 Å². The molecule has 0 saturated carbocycles.